The third kappa shape index (κ3) is 5.14. The van der Waals surface area contributed by atoms with Gasteiger partial charge in [0.2, 0.25) is 0 Å². The first-order chi connectivity index (χ1) is 16.3. The van der Waals surface area contributed by atoms with Crippen LogP contribution in [0.15, 0.2) is 48.3 Å². The molecule has 2 heterocycles. The molecule has 1 aliphatic rings. The van der Waals surface area contributed by atoms with Gasteiger partial charge in [0, 0.05) is 31.0 Å². The highest BCUT2D eigenvalue weighted by Crippen LogP contribution is 2.40. The van der Waals surface area contributed by atoms with E-state index < -0.39 is 17.7 Å². The van der Waals surface area contributed by atoms with Crippen LogP contribution < -0.4 is 4.74 Å². The Morgan fingerprint density at radius 3 is 2.38 bits per heavy atom. The monoisotopic (exact) mass is 465 g/mol. The highest BCUT2D eigenvalue weighted by molar-refractivity contribution is 6.46. The number of likely N-dealkylation sites (N-methyl/N-ethyl adjacent to an activating group) is 1. The number of aromatic nitrogens is 1. The lowest BCUT2D eigenvalue weighted by molar-refractivity contribution is -0.140. The van der Waals surface area contributed by atoms with Crippen LogP contribution in [0.3, 0.4) is 0 Å². The van der Waals surface area contributed by atoms with Gasteiger partial charge in [0.1, 0.15) is 11.5 Å². The van der Waals surface area contributed by atoms with Crippen molar-refractivity contribution in [2.75, 3.05) is 32.8 Å². The van der Waals surface area contributed by atoms with Crippen molar-refractivity contribution in [3.8, 4) is 5.75 Å². The van der Waals surface area contributed by atoms with Crippen molar-refractivity contribution >= 4 is 17.4 Å². The quantitative estimate of drug-likeness (QED) is 0.319. The number of rotatable bonds is 10. The lowest BCUT2D eigenvalue weighted by atomic mass is 9.93. The Hall–Kier alpha value is -3.19. The van der Waals surface area contributed by atoms with Crippen LogP contribution >= 0.6 is 0 Å². The van der Waals surface area contributed by atoms with Crippen molar-refractivity contribution in [2.45, 2.75) is 46.6 Å². The number of hydrogen-bond donors (Lipinski definition) is 1. The zero-order chi connectivity index (χ0) is 24.8. The van der Waals surface area contributed by atoms with Gasteiger partial charge >= 0.3 is 0 Å². The molecule has 7 nitrogen and oxygen atoms in total. The maximum atomic E-state index is 13.2. The van der Waals surface area contributed by atoms with Gasteiger partial charge in [-0.2, -0.15) is 0 Å². The minimum atomic E-state index is -0.673. The summed E-state index contributed by atoms with van der Waals surface area (Å²) in [6.07, 6.45) is 3.27. The Bertz CT molecular complexity index is 1050. The Morgan fingerprint density at radius 2 is 1.79 bits per heavy atom. The number of benzene rings is 1. The van der Waals surface area contributed by atoms with Crippen molar-refractivity contribution < 1.29 is 19.4 Å². The number of carbonyl (C=O) groups excluding carboxylic acids is 2. The third-order valence-corrected chi connectivity index (χ3v) is 6.32. The average molecular weight is 466 g/mol. The molecule has 34 heavy (non-hydrogen) atoms. The Labute approximate surface area is 202 Å². The van der Waals surface area contributed by atoms with Crippen LogP contribution in [-0.2, 0) is 9.59 Å². The normalized spacial score (nSPS) is 17.7. The molecule has 2 aromatic rings. The number of amides is 1. The molecular formula is C27H35N3O4. The fraction of sp³-hybridized carbons (Fsp3) is 0.444. The van der Waals surface area contributed by atoms with Gasteiger partial charge in [0.15, 0.2) is 0 Å². The summed E-state index contributed by atoms with van der Waals surface area (Å²) in [6.45, 7) is 13.4. The number of ether oxygens (including phenoxy) is 1. The molecule has 182 valence electrons. The molecule has 1 aromatic heterocycles. The third-order valence-electron chi connectivity index (χ3n) is 6.32. The van der Waals surface area contributed by atoms with Crippen LogP contribution in [-0.4, -0.2) is 64.4 Å². The van der Waals surface area contributed by atoms with E-state index in [9.17, 15) is 14.7 Å². The molecule has 1 atom stereocenters. The van der Waals surface area contributed by atoms with Crippen LogP contribution in [0.2, 0.25) is 0 Å². The van der Waals surface area contributed by atoms with Crippen molar-refractivity contribution in [3.05, 3.63) is 65.0 Å². The minimum absolute atomic E-state index is 0.106. The van der Waals surface area contributed by atoms with Gasteiger partial charge in [-0.3, -0.25) is 14.6 Å². The van der Waals surface area contributed by atoms with Crippen LogP contribution in [0.5, 0.6) is 5.75 Å². The number of ketones is 1. The van der Waals surface area contributed by atoms with Gasteiger partial charge in [-0.05, 0) is 67.4 Å². The van der Waals surface area contributed by atoms with E-state index in [2.05, 4.69) is 23.7 Å². The molecule has 1 amide bonds. The summed E-state index contributed by atoms with van der Waals surface area (Å²) in [6, 6.07) is 8.29. The SMILES string of the molecule is CCOc1ccc(/C(O)=C2/C(=O)C(=O)N(CCN(CC)CC)C2c2ccncc2)cc1C(C)C. The molecule has 1 fully saturated rings. The number of Topliss-reactive ketones (excluding diaryl/α,β-unsaturated/α-hetero) is 1. The van der Waals surface area contributed by atoms with Gasteiger partial charge in [0.05, 0.1) is 18.2 Å². The lowest BCUT2D eigenvalue weighted by Gasteiger charge is -2.28. The van der Waals surface area contributed by atoms with Crippen molar-refractivity contribution in [3.63, 3.8) is 0 Å². The molecule has 7 heteroatoms. The maximum Gasteiger partial charge on any atom is 0.295 e. The van der Waals surface area contributed by atoms with E-state index >= 15 is 0 Å². The first-order valence-corrected chi connectivity index (χ1v) is 12.0. The predicted octanol–water partition coefficient (Wildman–Crippen LogP) is 4.37. The van der Waals surface area contributed by atoms with E-state index in [0.717, 1.165) is 30.0 Å². The van der Waals surface area contributed by atoms with Gasteiger partial charge in [-0.1, -0.05) is 27.7 Å². The van der Waals surface area contributed by atoms with Crippen LogP contribution in [0, 0.1) is 0 Å². The summed E-state index contributed by atoms with van der Waals surface area (Å²) < 4.78 is 5.74. The standard InChI is InChI=1S/C27H35N3O4/c1-6-29(7-2)15-16-30-24(19-11-13-28-14-12-19)23(26(32)27(30)33)25(31)20-9-10-22(34-8-3)21(17-20)18(4)5/h9-14,17-18,24,31H,6-8,15-16H2,1-5H3/b25-23-. The molecule has 1 saturated heterocycles. The summed E-state index contributed by atoms with van der Waals surface area (Å²) >= 11 is 0. The van der Waals surface area contributed by atoms with Gasteiger partial charge in [-0.25, -0.2) is 0 Å². The molecular weight excluding hydrogens is 430 g/mol. The zero-order valence-corrected chi connectivity index (χ0v) is 20.7. The first-order valence-electron chi connectivity index (χ1n) is 12.0. The molecule has 0 aliphatic carbocycles. The molecule has 0 bridgehead atoms. The average Bonchev–Trinajstić information content (AvgIpc) is 3.10. The van der Waals surface area contributed by atoms with Gasteiger partial charge in [0.25, 0.3) is 11.7 Å². The molecule has 0 radical (unpaired) electrons. The molecule has 1 aromatic carbocycles. The summed E-state index contributed by atoms with van der Waals surface area (Å²) in [4.78, 5) is 34.2. The van der Waals surface area contributed by atoms with E-state index in [1.165, 1.54) is 0 Å². The van der Waals surface area contributed by atoms with E-state index in [1.807, 2.05) is 32.9 Å². The summed E-state index contributed by atoms with van der Waals surface area (Å²) in [5, 5.41) is 11.4. The minimum Gasteiger partial charge on any atom is -0.507 e. The van der Waals surface area contributed by atoms with Crippen molar-refractivity contribution in [1.29, 1.82) is 0 Å². The number of likely N-dealkylation sites (tertiary alicyclic amines) is 1. The topological polar surface area (TPSA) is 83.0 Å². The summed E-state index contributed by atoms with van der Waals surface area (Å²) in [5.74, 6) is -0.527. The Morgan fingerprint density at radius 1 is 1.12 bits per heavy atom. The van der Waals surface area contributed by atoms with Crippen molar-refractivity contribution in [1.82, 2.24) is 14.8 Å². The number of hydrogen-bond acceptors (Lipinski definition) is 6. The fourth-order valence-electron chi connectivity index (χ4n) is 4.38. The van der Waals surface area contributed by atoms with E-state index in [1.54, 1.807) is 35.5 Å². The molecule has 0 spiro atoms. The smallest absolute Gasteiger partial charge is 0.295 e. The number of nitrogens with zero attached hydrogens (tertiary/aromatic N) is 3. The van der Waals surface area contributed by atoms with E-state index in [0.29, 0.717) is 25.3 Å². The number of aliphatic hydroxyl groups excluding tert-OH is 1. The summed E-state index contributed by atoms with van der Waals surface area (Å²) in [7, 11) is 0. The van der Waals surface area contributed by atoms with Crippen molar-refractivity contribution in [2.24, 2.45) is 0 Å². The zero-order valence-electron chi connectivity index (χ0n) is 20.7. The van der Waals surface area contributed by atoms with Crippen LogP contribution in [0.4, 0.5) is 0 Å². The lowest BCUT2D eigenvalue weighted by Crippen LogP contribution is -2.38. The molecule has 0 saturated carbocycles. The predicted molar refractivity (Wildman–Crippen MR) is 133 cm³/mol. The molecule has 3 rings (SSSR count). The van der Waals surface area contributed by atoms with E-state index in [4.69, 9.17) is 4.74 Å². The second-order valence-electron chi connectivity index (χ2n) is 8.64. The molecule has 1 aliphatic heterocycles. The number of carbonyl (C=O) groups is 2. The second-order valence-corrected chi connectivity index (χ2v) is 8.64. The van der Waals surface area contributed by atoms with Gasteiger partial charge in [-0.15, -0.1) is 0 Å². The fourth-order valence-corrected chi connectivity index (χ4v) is 4.38. The number of pyridine rings is 1. The second kappa shape index (κ2) is 11.3. The van der Waals surface area contributed by atoms with Gasteiger partial charge < -0.3 is 19.6 Å². The molecule has 1 N–H and O–H groups in total. The number of aliphatic hydroxyl groups is 1. The Kier molecular flexibility index (Phi) is 8.45. The summed E-state index contributed by atoms with van der Waals surface area (Å²) in [5.41, 5.74) is 2.27. The maximum absolute atomic E-state index is 13.2. The van der Waals surface area contributed by atoms with Crippen LogP contribution in [0.1, 0.15) is 63.3 Å². The highest BCUT2D eigenvalue weighted by Gasteiger charge is 2.46. The largest absolute Gasteiger partial charge is 0.507 e. The van der Waals surface area contributed by atoms with E-state index in [-0.39, 0.29) is 17.3 Å². The molecule has 1 unspecified atom stereocenters. The highest BCUT2D eigenvalue weighted by atomic mass is 16.5. The Balaban J connectivity index is 2.11. The van der Waals surface area contributed by atoms with Crippen LogP contribution in [0.25, 0.3) is 5.76 Å². The first kappa shape index (κ1) is 25.4.